The third kappa shape index (κ3) is 5.17. The van der Waals surface area contributed by atoms with Gasteiger partial charge in [0.1, 0.15) is 0 Å². The maximum absolute atomic E-state index is 12.1. The van der Waals surface area contributed by atoms with E-state index in [-0.39, 0.29) is 5.92 Å². The molecule has 90 valence electrons. The van der Waals surface area contributed by atoms with Crippen LogP contribution in [0.3, 0.4) is 0 Å². The van der Waals surface area contributed by atoms with E-state index in [0.717, 1.165) is 38.8 Å². The van der Waals surface area contributed by atoms with E-state index in [4.69, 9.17) is 5.73 Å². The lowest BCUT2D eigenvalue weighted by Gasteiger charge is -2.24. The second-order valence-corrected chi connectivity index (χ2v) is 3.93. The van der Waals surface area contributed by atoms with E-state index in [1.54, 1.807) is 0 Å². The first-order chi connectivity index (χ1) is 7.21. The van der Waals surface area contributed by atoms with Gasteiger partial charge < -0.3 is 10.6 Å². The van der Waals surface area contributed by atoms with Gasteiger partial charge in [0.25, 0.3) is 0 Å². The third-order valence-electron chi connectivity index (χ3n) is 2.85. The lowest BCUT2D eigenvalue weighted by atomic mass is 9.97. The third-order valence-corrected chi connectivity index (χ3v) is 2.85. The van der Waals surface area contributed by atoms with Gasteiger partial charge in [0.05, 0.1) is 0 Å². The van der Waals surface area contributed by atoms with Crippen LogP contribution in [-0.2, 0) is 4.79 Å². The van der Waals surface area contributed by atoms with Gasteiger partial charge >= 0.3 is 0 Å². The van der Waals surface area contributed by atoms with Gasteiger partial charge in [-0.15, -0.1) is 0 Å². The monoisotopic (exact) mass is 214 g/mol. The molecule has 0 spiro atoms. The largest absolute Gasteiger partial charge is 0.343 e. The van der Waals surface area contributed by atoms with Crippen molar-refractivity contribution in [3.63, 3.8) is 0 Å². The fourth-order valence-electron chi connectivity index (χ4n) is 1.84. The SMILES string of the molecule is CCCCC(CCN)C(=O)N(CC)CC. The Balaban J connectivity index is 4.24. The van der Waals surface area contributed by atoms with Crippen molar-refractivity contribution < 1.29 is 4.79 Å². The predicted molar refractivity (Wildman–Crippen MR) is 64.6 cm³/mol. The second kappa shape index (κ2) is 8.72. The summed E-state index contributed by atoms with van der Waals surface area (Å²) in [6.45, 7) is 8.44. The summed E-state index contributed by atoms with van der Waals surface area (Å²) in [4.78, 5) is 14.0. The minimum Gasteiger partial charge on any atom is -0.343 e. The van der Waals surface area contributed by atoms with Crippen LogP contribution in [-0.4, -0.2) is 30.4 Å². The Morgan fingerprint density at radius 3 is 2.20 bits per heavy atom. The number of hydrogen-bond donors (Lipinski definition) is 1. The molecule has 15 heavy (non-hydrogen) atoms. The molecular weight excluding hydrogens is 188 g/mol. The first-order valence-electron chi connectivity index (χ1n) is 6.19. The zero-order valence-corrected chi connectivity index (χ0v) is 10.5. The quantitative estimate of drug-likeness (QED) is 0.672. The molecule has 0 aliphatic carbocycles. The van der Waals surface area contributed by atoms with Crippen LogP contribution in [0.1, 0.15) is 46.5 Å². The molecule has 1 atom stereocenters. The van der Waals surface area contributed by atoms with Gasteiger partial charge in [0.2, 0.25) is 5.91 Å². The van der Waals surface area contributed by atoms with Gasteiger partial charge in [-0.3, -0.25) is 4.79 Å². The number of carbonyl (C=O) groups is 1. The van der Waals surface area contributed by atoms with E-state index in [2.05, 4.69) is 6.92 Å². The van der Waals surface area contributed by atoms with Gasteiger partial charge in [-0.25, -0.2) is 0 Å². The minimum atomic E-state index is 0.148. The molecule has 0 saturated carbocycles. The summed E-state index contributed by atoms with van der Waals surface area (Å²) in [5, 5.41) is 0. The average molecular weight is 214 g/mol. The Morgan fingerprint density at radius 2 is 1.80 bits per heavy atom. The van der Waals surface area contributed by atoms with Gasteiger partial charge in [-0.05, 0) is 33.2 Å². The second-order valence-electron chi connectivity index (χ2n) is 3.93. The molecule has 0 rings (SSSR count). The molecule has 1 amide bonds. The van der Waals surface area contributed by atoms with Gasteiger partial charge in [0, 0.05) is 19.0 Å². The summed E-state index contributed by atoms with van der Waals surface area (Å²) in [6, 6.07) is 0. The van der Waals surface area contributed by atoms with Crippen LogP contribution in [0.2, 0.25) is 0 Å². The van der Waals surface area contributed by atoms with Crippen LogP contribution in [0.5, 0.6) is 0 Å². The Morgan fingerprint density at radius 1 is 1.20 bits per heavy atom. The van der Waals surface area contributed by atoms with Crippen LogP contribution in [0, 0.1) is 5.92 Å². The lowest BCUT2D eigenvalue weighted by Crippen LogP contribution is -2.36. The molecule has 0 bridgehead atoms. The number of unbranched alkanes of at least 4 members (excludes halogenated alkanes) is 1. The predicted octanol–water partition coefficient (Wildman–Crippen LogP) is 2.01. The standard InChI is InChI=1S/C12H26N2O/c1-4-7-8-11(9-10-13)12(15)14(5-2)6-3/h11H,4-10,13H2,1-3H3. The Labute approximate surface area is 94.0 Å². The summed E-state index contributed by atoms with van der Waals surface area (Å²) < 4.78 is 0. The van der Waals surface area contributed by atoms with Crippen molar-refractivity contribution >= 4 is 5.91 Å². The summed E-state index contributed by atoms with van der Waals surface area (Å²) in [7, 11) is 0. The summed E-state index contributed by atoms with van der Waals surface area (Å²) in [5.41, 5.74) is 5.55. The fraction of sp³-hybridized carbons (Fsp3) is 0.917. The Bertz CT molecular complexity index is 167. The van der Waals surface area contributed by atoms with Crippen LogP contribution in [0.15, 0.2) is 0 Å². The van der Waals surface area contributed by atoms with Crippen molar-refractivity contribution in [2.45, 2.75) is 46.5 Å². The maximum atomic E-state index is 12.1. The number of nitrogens with zero attached hydrogens (tertiary/aromatic N) is 1. The fourth-order valence-corrected chi connectivity index (χ4v) is 1.84. The maximum Gasteiger partial charge on any atom is 0.225 e. The van der Waals surface area contributed by atoms with Crippen LogP contribution in [0.4, 0.5) is 0 Å². The van der Waals surface area contributed by atoms with Crippen molar-refractivity contribution in [1.29, 1.82) is 0 Å². The smallest absolute Gasteiger partial charge is 0.225 e. The highest BCUT2D eigenvalue weighted by molar-refractivity contribution is 5.78. The van der Waals surface area contributed by atoms with E-state index in [0.29, 0.717) is 12.5 Å². The van der Waals surface area contributed by atoms with E-state index < -0.39 is 0 Å². The molecule has 0 aliphatic rings. The van der Waals surface area contributed by atoms with Crippen molar-refractivity contribution in [3.05, 3.63) is 0 Å². The molecule has 0 fully saturated rings. The first kappa shape index (κ1) is 14.4. The van der Waals surface area contributed by atoms with Crippen LogP contribution < -0.4 is 5.73 Å². The first-order valence-corrected chi connectivity index (χ1v) is 6.19. The zero-order chi connectivity index (χ0) is 11.7. The van der Waals surface area contributed by atoms with E-state index in [1.165, 1.54) is 0 Å². The molecule has 3 nitrogen and oxygen atoms in total. The molecule has 0 aromatic carbocycles. The summed E-state index contributed by atoms with van der Waals surface area (Å²) in [6.07, 6.45) is 4.09. The Kier molecular flexibility index (Phi) is 8.38. The van der Waals surface area contributed by atoms with Crippen LogP contribution in [0.25, 0.3) is 0 Å². The molecule has 0 aliphatic heterocycles. The molecule has 2 N–H and O–H groups in total. The molecule has 0 heterocycles. The molecule has 0 saturated heterocycles. The topological polar surface area (TPSA) is 46.3 Å². The van der Waals surface area contributed by atoms with Gasteiger partial charge in [0.15, 0.2) is 0 Å². The van der Waals surface area contributed by atoms with Gasteiger partial charge in [-0.2, -0.15) is 0 Å². The normalized spacial score (nSPS) is 12.5. The lowest BCUT2D eigenvalue weighted by molar-refractivity contribution is -0.135. The molecule has 0 radical (unpaired) electrons. The van der Waals surface area contributed by atoms with Crippen molar-refractivity contribution in [3.8, 4) is 0 Å². The number of amides is 1. The minimum absolute atomic E-state index is 0.148. The highest BCUT2D eigenvalue weighted by Gasteiger charge is 2.20. The van der Waals surface area contributed by atoms with E-state index >= 15 is 0 Å². The van der Waals surface area contributed by atoms with Crippen LogP contribution >= 0.6 is 0 Å². The molecule has 3 heteroatoms. The zero-order valence-electron chi connectivity index (χ0n) is 10.5. The summed E-state index contributed by atoms with van der Waals surface area (Å²) >= 11 is 0. The molecule has 0 aromatic heterocycles. The Hall–Kier alpha value is -0.570. The molecule has 0 aromatic rings. The van der Waals surface area contributed by atoms with E-state index in [1.807, 2.05) is 18.7 Å². The van der Waals surface area contributed by atoms with Crippen molar-refractivity contribution in [2.24, 2.45) is 11.7 Å². The number of hydrogen-bond acceptors (Lipinski definition) is 2. The van der Waals surface area contributed by atoms with E-state index in [9.17, 15) is 4.79 Å². The highest BCUT2D eigenvalue weighted by Crippen LogP contribution is 2.15. The molecule has 1 unspecified atom stereocenters. The molecular formula is C12H26N2O. The van der Waals surface area contributed by atoms with Crippen molar-refractivity contribution in [2.75, 3.05) is 19.6 Å². The van der Waals surface area contributed by atoms with Gasteiger partial charge in [-0.1, -0.05) is 19.8 Å². The number of rotatable bonds is 8. The number of nitrogens with two attached hydrogens (primary N) is 1. The number of carbonyl (C=O) groups excluding carboxylic acids is 1. The highest BCUT2D eigenvalue weighted by atomic mass is 16.2. The van der Waals surface area contributed by atoms with Crippen molar-refractivity contribution in [1.82, 2.24) is 4.90 Å². The average Bonchev–Trinajstić information content (AvgIpc) is 2.25. The summed E-state index contributed by atoms with van der Waals surface area (Å²) in [5.74, 6) is 0.439.